The summed E-state index contributed by atoms with van der Waals surface area (Å²) in [6.07, 6.45) is 0.629. The van der Waals surface area contributed by atoms with Crippen LogP contribution in [0, 0.1) is 0 Å². The van der Waals surface area contributed by atoms with E-state index in [1.54, 1.807) is 0 Å². The average molecular weight is 189 g/mol. The van der Waals surface area contributed by atoms with Gasteiger partial charge < -0.3 is 19.9 Å². The van der Waals surface area contributed by atoms with Gasteiger partial charge in [0.2, 0.25) is 0 Å². The minimum Gasteiger partial charge on any atom is -0.389 e. The Kier molecular flexibility index (Phi) is 5.31. The lowest BCUT2D eigenvalue weighted by atomic mass is 10.3. The Bertz CT molecular complexity index is 132. The molecule has 1 aliphatic heterocycles. The Hall–Kier alpha value is -0.160. The lowest BCUT2D eigenvalue weighted by Crippen LogP contribution is -2.28. The van der Waals surface area contributed by atoms with E-state index in [0.29, 0.717) is 19.8 Å². The molecule has 0 spiro atoms. The molecule has 0 radical (unpaired) electrons. The van der Waals surface area contributed by atoms with Gasteiger partial charge in [-0.15, -0.1) is 0 Å². The van der Waals surface area contributed by atoms with E-state index in [1.807, 2.05) is 0 Å². The summed E-state index contributed by atoms with van der Waals surface area (Å²) in [4.78, 5) is 0. The van der Waals surface area contributed by atoms with Crippen molar-refractivity contribution < 1.29 is 14.6 Å². The van der Waals surface area contributed by atoms with E-state index < -0.39 is 0 Å². The topological polar surface area (TPSA) is 50.7 Å². The van der Waals surface area contributed by atoms with Crippen LogP contribution in [0.15, 0.2) is 0 Å². The molecule has 0 aromatic heterocycles. The minimum atomic E-state index is -0.355. The molecule has 1 rings (SSSR count). The molecule has 4 heteroatoms. The van der Waals surface area contributed by atoms with Crippen molar-refractivity contribution in [2.24, 2.45) is 0 Å². The summed E-state index contributed by atoms with van der Waals surface area (Å²) < 4.78 is 10.7. The number of rotatable bonds is 6. The van der Waals surface area contributed by atoms with Crippen LogP contribution in [0.2, 0.25) is 0 Å². The molecule has 0 amide bonds. The van der Waals surface area contributed by atoms with Gasteiger partial charge in [0, 0.05) is 19.7 Å². The van der Waals surface area contributed by atoms with Gasteiger partial charge in [0.05, 0.1) is 25.4 Å². The van der Waals surface area contributed by atoms with Crippen LogP contribution in [0.1, 0.15) is 13.3 Å². The third-order valence-corrected chi connectivity index (χ3v) is 2.04. The van der Waals surface area contributed by atoms with Gasteiger partial charge in [-0.05, 0) is 6.42 Å². The predicted molar refractivity (Wildman–Crippen MR) is 49.7 cm³/mol. The standard InChI is InChI=1S/C9H19NO3/c1-2-3-12-4-5-13-9-7-10-6-8(9)11/h8-11H,2-7H2,1H3. The molecule has 0 aromatic carbocycles. The normalized spacial score (nSPS) is 28.2. The second kappa shape index (κ2) is 6.32. The van der Waals surface area contributed by atoms with Crippen LogP contribution in [-0.2, 0) is 9.47 Å². The largest absolute Gasteiger partial charge is 0.389 e. The SMILES string of the molecule is CCCOCCOC1CNCC1O. The van der Waals surface area contributed by atoms with E-state index in [9.17, 15) is 5.11 Å². The van der Waals surface area contributed by atoms with Crippen molar-refractivity contribution in [3.05, 3.63) is 0 Å². The van der Waals surface area contributed by atoms with Gasteiger partial charge in [0.1, 0.15) is 0 Å². The van der Waals surface area contributed by atoms with Gasteiger partial charge in [-0.25, -0.2) is 0 Å². The van der Waals surface area contributed by atoms with Crippen LogP contribution in [-0.4, -0.2) is 50.2 Å². The van der Waals surface area contributed by atoms with Gasteiger partial charge >= 0.3 is 0 Å². The van der Waals surface area contributed by atoms with E-state index in [1.165, 1.54) is 0 Å². The zero-order valence-electron chi connectivity index (χ0n) is 8.16. The Morgan fingerprint density at radius 3 is 2.77 bits per heavy atom. The lowest BCUT2D eigenvalue weighted by Gasteiger charge is -2.14. The number of hydrogen-bond acceptors (Lipinski definition) is 4. The zero-order valence-corrected chi connectivity index (χ0v) is 8.16. The molecule has 1 fully saturated rings. The molecular formula is C9H19NO3. The second-order valence-electron chi connectivity index (χ2n) is 3.25. The maximum Gasteiger partial charge on any atom is 0.0971 e. The number of aliphatic hydroxyl groups is 1. The minimum absolute atomic E-state index is 0.0507. The highest BCUT2D eigenvalue weighted by Gasteiger charge is 2.24. The first kappa shape index (κ1) is 10.9. The van der Waals surface area contributed by atoms with Crippen LogP contribution >= 0.6 is 0 Å². The molecule has 0 aliphatic carbocycles. The van der Waals surface area contributed by atoms with Crippen molar-refractivity contribution in [3.63, 3.8) is 0 Å². The summed E-state index contributed by atoms with van der Waals surface area (Å²) in [5.41, 5.74) is 0. The first-order valence-electron chi connectivity index (χ1n) is 4.92. The van der Waals surface area contributed by atoms with E-state index in [0.717, 1.165) is 19.6 Å². The summed E-state index contributed by atoms with van der Waals surface area (Å²) >= 11 is 0. The highest BCUT2D eigenvalue weighted by atomic mass is 16.5. The fourth-order valence-corrected chi connectivity index (χ4v) is 1.32. The average Bonchev–Trinajstić information content (AvgIpc) is 2.52. The first-order valence-corrected chi connectivity index (χ1v) is 4.92. The van der Waals surface area contributed by atoms with Gasteiger partial charge in [-0.3, -0.25) is 0 Å². The number of β-amino-alcohol motifs (C(OH)–C–C–N with tert-alkyl or cyclic N) is 1. The molecular weight excluding hydrogens is 170 g/mol. The fraction of sp³-hybridized carbons (Fsp3) is 1.00. The van der Waals surface area contributed by atoms with Crippen LogP contribution in [0.3, 0.4) is 0 Å². The predicted octanol–water partition coefficient (Wildman–Crippen LogP) is -0.238. The molecule has 0 saturated carbocycles. The summed E-state index contributed by atoms with van der Waals surface area (Å²) in [6.45, 7) is 5.44. The van der Waals surface area contributed by atoms with Crippen molar-refractivity contribution in [3.8, 4) is 0 Å². The summed E-state index contributed by atoms with van der Waals surface area (Å²) in [6, 6.07) is 0. The zero-order chi connectivity index (χ0) is 9.52. The molecule has 4 nitrogen and oxygen atoms in total. The van der Waals surface area contributed by atoms with Crippen molar-refractivity contribution in [1.82, 2.24) is 5.32 Å². The molecule has 2 N–H and O–H groups in total. The van der Waals surface area contributed by atoms with Gasteiger partial charge in [-0.2, -0.15) is 0 Å². The second-order valence-corrected chi connectivity index (χ2v) is 3.25. The monoisotopic (exact) mass is 189 g/mol. The maximum atomic E-state index is 9.36. The summed E-state index contributed by atoms with van der Waals surface area (Å²) in [5, 5.41) is 12.4. The lowest BCUT2D eigenvalue weighted by molar-refractivity contribution is -0.0326. The third-order valence-electron chi connectivity index (χ3n) is 2.04. The van der Waals surface area contributed by atoms with Crippen LogP contribution in [0.4, 0.5) is 0 Å². The molecule has 1 aliphatic rings. The molecule has 2 unspecified atom stereocenters. The quantitative estimate of drug-likeness (QED) is 0.566. The van der Waals surface area contributed by atoms with E-state index in [-0.39, 0.29) is 12.2 Å². The number of nitrogens with one attached hydrogen (secondary N) is 1. The number of hydrogen-bond donors (Lipinski definition) is 2. The maximum absolute atomic E-state index is 9.36. The Morgan fingerprint density at radius 2 is 2.15 bits per heavy atom. The van der Waals surface area contributed by atoms with E-state index in [2.05, 4.69) is 12.2 Å². The van der Waals surface area contributed by atoms with Crippen LogP contribution < -0.4 is 5.32 Å². The molecule has 1 heterocycles. The molecule has 1 saturated heterocycles. The van der Waals surface area contributed by atoms with Crippen molar-refractivity contribution >= 4 is 0 Å². The first-order chi connectivity index (χ1) is 6.34. The van der Waals surface area contributed by atoms with Gasteiger partial charge in [0.25, 0.3) is 0 Å². The molecule has 2 atom stereocenters. The van der Waals surface area contributed by atoms with Crippen LogP contribution in [0.5, 0.6) is 0 Å². The smallest absolute Gasteiger partial charge is 0.0971 e. The highest BCUT2D eigenvalue weighted by Crippen LogP contribution is 2.03. The highest BCUT2D eigenvalue weighted by molar-refractivity contribution is 4.80. The van der Waals surface area contributed by atoms with Gasteiger partial charge in [0.15, 0.2) is 0 Å². The van der Waals surface area contributed by atoms with Crippen molar-refractivity contribution in [2.45, 2.75) is 25.6 Å². The Balaban J connectivity index is 1.93. The third kappa shape index (κ3) is 4.04. The van der Waals surface area contributed by atoms with Crippen molar-refractivity contribution in [1.29, 1.82) is 0 Å². The van der Waals surface area contributed by atoms with Crippen molar-refractivity contribution in [2.75, 3.05) is 32.9 Å². The van der Waals surface area contributed by atoms with E-state index in [4.69, 9.17) is 9.47 Å². The molecule has 0 bridgehead atoms. The molecule has 78 valence electrons. The number of ether oxygens (including phenoxy) is 2. The van der Waals surface area contributed by atoms with E-state index >= 15 is 0 Å². The fourth-order valence-electron chi connectivity index (χ4n) is 1.32. The molecule has 0 aromatic rings. The van der Waals surface area contributed by atoms with Crippen LogP contribution in [0.25, 0.3) is 0 Å². The summed E-state index contributed by atoms with van der Waals surface area (Å²) in [5.74, 6) is 0. The molecule has 13 heavy (non-hydrogen) atoms. The number of aliphatic hydroxyl groups excluding tert-OH is 1. The Morgan fingerprint density at radius 1 is 1.31 bits per heavy atom. The van der Waals surface area contributed by atoms with Gasteiger partial charge in [-0.1, -0.05) is 6.92 Å². The Labute approximate surface area is 79.2 Å². The summed E-state index contributed by atoms with van der Waals surface area (Å²) in [7, 11) is 0.